The summed E-state index contributed by atoms with van der Waals surface area (Å²) >= 11 is 0. The third-order valence-corrected chi connectivity index (χ3v) is 3.79. The van der Waals surface area contributed by atoms with Gasteiger partial charge in [0.1, 0.15) is 0 Å². The van der Waals surface area contributed by atoms with E-state index < -0.39 is 0 Å². The molecular formula is C17H20N2. The summed E-state index contributed by atoms with van der Waals surface area (Å²) < 4.78 is 0. The van der Waals surface area contributed by atoms with Crippen molar-refractivity contribution >= 4 is 0 Å². The van der Waals surface area contributed by atoms with E-state index in [1.54, 1.807) is 11.1 Å². The van der Waals surface area contributed by atoms with E-state index in [2.05, 4.69) is 40.6 Å². The fourth-order valence-electron chi connectivity index (χ4n) is 2.69. The Labute approximate surface area is 114 Å². The van der Waals surface area contributed by atoms with Crippen molar-refractivity contribution in [2.24, 2.45) is 0 Å². The van der Waals surface area contributed by atoms with Crippen molar-refractivity contribution in [3.63, 3.8) is 0 Å². The lowest BCUT2D eigenvalue weighted by atomic mass is 10.1. The third-order valence-electron chi connectivity index (χ3n) is 3.79. The number of fused-ring (bicyclic) bond motifs is 1. The fraction of sp³-hybridized carbons (Fsp3) is 0.353. The van der Waals surface area contributed by atoms with Crippen LogP contribution >= 0.6 is 0 Å². The van der Waals surface area contributed by atoms with Crippen LogP contribution in [0.4, 0.5) is 0 Å². The van der Waals surface area contributed by atoms with Crippen LogP contribution in [-0.4, -0.2) is 4.98 Å². The number of nitrogens with zero attached hydrogens (tertiary/aromatic N) is 1. The van der Waals surface area contributed by atoms with E-state index in [9.17, 15) is 0 Å². The highest BCUT2D eigenvalue weighted by Crippen LogP contribution is 2.22. The number of aryl methyl sites for hydroxylation is 3. The summed E-state index contributed by atoms with van der Waals surface area (Å²) in [5.74, 6) is 0. The highest BCUT2D eigenvalue weighted by Gasteiger charge is 2.10. The van der Waals surface area contributed by atoms with Crippen LogP contribution in [0.15, 0.2) is 36.5 Å². The zero-order valence-electron chi connectivity index (χ0n) is 11.4. The molecule has 0 saturated heterocycles. The first kappa shape index (κ1) is 12.4. The number of rotatable bonds is 4. The number of benzene rings is 1. The van der Waals surface area contributed by atoms with Gasteiger partial charge >= 0.3 is 0 Å². The largest absolute Gasteiger partial charge is 0.309 e. The molecule has 19 heavy (non-hydrogen) atoms. The van der Waals surface area contributed by atoms with E-state index >= 15 is 0 Å². The molecule has 2 aromatic rings. The summed E-state index contributed by atoms with van der Waals surface area (Å²) in [6.07, 6.45) is 5.79. The second kappa shape index (κ2) is 5.54. The van der Waals surface area contributed by atoms with Crippen molar-refractivity contribution in [2.75, 3.05) is 0 Å². The van der Waals surface area contributed by atoms with Crippen LogP contribution in [-0.2, 0) is 25.9 Å². The molecule has 2 heteroatoms. The number of hydrogen-bond acceptors (Lipinski definition) is 2. The fourth-order valence-corrected chi connectivity index (χ4v) is 2.69. The molecule has 98 valence electrons. The quantitative estimate of drug-likeness (QED) is 0.904. The average molecular weight is 252 g/mol. The molecule has 0 saturated carbocycles. The maximum Gasteiger partial charge on any atom is 0.0372 e. The first-order valence-electron chi connectivity index (χ1n) is 7.04. The summed E-state index contributed by atoms with van der Waals surface area (Å²) in [7, 11) is 0. The predicted molar refractivity (Wildman–Crippen MR) is 78.0 cm³/mol. The van der Waals surface area contributed by atoms with E-state index in [1.807, 2.05) is 13.1 Å². The highest BCUT2D eigenvalue weighted by atomic mass is 14.8. The number of pyridine rings is 1. The summed E-state index contributed by atoms with van der Waals surface area (Å²) in [5.41, 5.74) is 6.80. The molecule has 1 aromatic carbocycles. The van der Waals surface area contributed by atoms with Crippen LogP contribution in [0.1, 0.15) is 34.4 Å². The van der Waals surface area contributed by atoms with Gasteiger partial charge in [0.15, 0.2) is 0 Å². The number of aromatic nitrogens is 1. The summed E-state index contributed by atoms with van der Waals surface area (Å²) in [4.78, 5) is 4.31. The first-order chi connectivity index (χ1) is 9.31. The molecule has 2 nitrogen and oxygen atoms in total. The Bertz CT molecular complexity index is 558. The van der Waals surface area contributed by atoms with E-state index in [0.29, 0.717) is 0 Å². The van der Waals surface area contributed by atoms with Gasteiger partial charge in [0, 0.05) is 25.0 Å². The standard InChI is InChI=1S/C17H20N2/c1-13-5-6-15(12-19-13)11-18-10-14-7-8-16-3-2-4-17(16)9-14/h5-9,12,18H,2-4,10-11H2,1H3. The summed E-state index contributed by atoms with van der Waals surface area (Å²) in [6, 6.07) is 11.1. The Balaban J connectivity index is 1.56. The van der Waals surface area contributed by atoms with Crippen LogP contribution < -0.4 is 5.32 Å². The summed E-state index contributed by atoms with van der Waals surface area (Å²) in [6.45, 7) is 3.83. The second-order valence-electron chi connectivity index (χ2n) is 5.37. The smallest absolute Gasteiger partial charge is 0.0372 e. The minimum Gasteiger partial charge on any atom is -0.309 e. The monoisotopic (exact) mass is 252 g/mol. The molecule has 0 fully saturated rings. The number of hydrogen-bond donors (Lipinski definition) is 1. The Hall–Kier alpha value is -1.67. The maximum atomic E-state index is 4.31. The van der Waals surface area contributed by atoms with Gasteiger partial charge in [-0.1, -0.05) is 24.3 Å². The maximum absolute atomic E-state index is 4.31. The molecule has 0 unspecified atom stereocenters. The average Bonchev–Trinajstić information content (AvgIpc) is 2.88. The molecule has 3 rings (SSSR count). The zero-order valence-corrected chi connectivity index (χ0v) is 11.4. The summed E-state index contributed by atoms with van der Waals surface area (Å²) in [5, 5.41) is 3.49. The molecule has 0 amide bonds. The number of nitrogens with one attached hydrogen (secondary N) is 1. The zero-order chi connectivity index (χ0) is 13.1. The van der Waals surface area contributed by atoms with Crippen molar-refractivity contribution in [1.82, 2.24) is 10.3 Å². The van der Waals surface area contributed by atoms with Crippen molar-refractivity contribution in [2.45, 2.75) is 39.3 Å². The van der Waals surface area contributed by atoms with E-state index in [4.69, 9.17) is 0 Å². The van der Waals surface area contributed by atoms with Crippen LogP contribution in [0.5, 0.6) is 0 Å². The molecule has 1 aliphatic rings. The van der Waals surface area contributed by atoms with Crippen LogP contribution in [0, 0.1) is 6.92 Å². The lowest BCUT2D eigenvalue weighted by Crippen LogP contribution is -2.13. The highest BCUT2D eigenvalue weighted by molar-refractivity contribution is 5.35. The van der Waals surface area contributed by atoms with Gasteiger partial charge in [-0.2, -0.15) is 0 Å². The Morgan fingerprint density at radius 2 is 1.79 bits per heavy atom. The van der Waals surface area contributed by atoms with Gasteiger partial charge in [-0.3, -0.25) is 4.98 Å². The molecule has 1 aliphatic carbocycles. The molecule has 0 radical (unpaired) electrons. The van der Waals surface area contributed by atoms with E-state index in [1.165, 1.54) is 30.4 Å². The topological polar surface area (TPSA) is 24.9 Å². The van der Waals surface area contributed by atoms with Gasteiger partial charge in [-0.05, 0) is 54.5 Å². The lowest BCUT2D eigenvalue weighted by Gasteiger charge is -2.07. The van der Waals surface area contributed by atoms with Gasteiger partial charge in [-0.15, -0.1) is 0 Å². The molecular weight excluding hydrogens is 232 g/mol. The molecule has 0 spiro atoms. The molecule has 0 bridgehead atoms. The van der Waals surface area contributed by atoms with Crippen molar-refractivity contribution in [3.8, 4) is 0 Å². The van der Waals surface area contributed by atoms with E-state index in [-0.39, 0.29) is 0 Å². The van der Waals surface area contributed by atoms with Crippen LogP contribution in [0.3, 0.4) is 0 Å². The predicted octanol–water partition coefficient (Wildman–Crippen LogP) is 3.17. The molecule has 1 heterocycles. The Kier molecular flexibility index (Phi) is 3.60. The first-order valence-corrected chi connectivity index (χ1v) is 7.04. The van der Waals surface area contributed by atoms with Gasteiger partial charge in [0.25, 0.3) is 0 Å². The van der Waals surface area contributed by atoms with Crippen molar-refractivity contribution in [1.29, 1.82) is 0 Å². The van der Waals surface area contributed by atoms with Crippen molar-refractivity contribution in [3.05, 3.63) is 64.5 Å². The minimum absolute atomic E-state index is 0.879. The molecule has 1 N–H and O–H groups in total. The normalized spacial score (nSPS) is 13.5. The van der Waals surface area contributed by atoms with Gasteiger partial charge < -0.3 is 5.32 Å². The Morgan fingerprint density at radius 1 is 1.00 bits per heavy atom. The van der Waals surface area contributed by atoms with Gasteiger partial charge in [0.2, 0.25) is 0 Å². The molecule has 0 atom stereocenters. The van der Waals surface area contributed by atoms with Gasteiger partial charge in [0.05, 0.1) is 0 Å². The molecule has 1 aromatic heterocycles. The third kappa shape index (κ3) is 3.02. The second-order valence-corrected chi connectivity index (χ2v) is 5.37. The Morgan fingerprint density at radius 3 is 2.63 bits per heavy atom. The van der Waals surface area contributed by atoms with Crippen LogP contribution in [0.25, 0.3) is 0 Å². The van der Waals surface area contributed by atoms with Crippen molar-refractivity contribution < 1.29 is 0 Å². The lowest BCUT2D eigenvalue weighted by molar-refractivity contribution is 0.690. The van der Waals surface area contributed by atoms with E-state index in [0.717, 1.165) is 18.8 Å². The minimum atomic E-state index is 0.879. The van der Waals surface area contributed by atoms with Gasteiger partial charge in [-0.25, -0.2) is 0 Å². The SMILES string of the molecule is Cc1ccc(CNCc2ccc3c(c2)CCC3)cn1. The van der Waals surface area contributed by atoms with Crippen LogP contribution in [0.2, 0.25) is 0 Å². The molecule has 0 aliphatic heterocycles.